The minimum atomic E-state index is -1.00. The van der Waals surface area contributed by atoms with E-state index in [1.165, 1.54) is 17.9 Å². The number of nitrogens with zero attached hydrogens (tertiary/aromatic N) is 1. The van der Waals surface area contributed by atoms with Gasteiger partial charge in [0.1, 0.15) is 0 Å². The summed E-state index contributed by atoms with van der Waals surface area (Å²) in [5.41, 5.74) is 6.38. The number of amides is 2. The van der Waals surface area contributed by atoms with Gasteiger partial charge in [-0.15, -0.1) is 0 Å². The fourth-order valence-electron chi connectivity index (χ4n) is 6.94. The van der Waals surface area contributed by atoms with Crippen LogP contribution in [-0.4, -0.2) is 29.7 Å². The van der Waals surface area contributed by atoms with Crippen LogP contribution >= 0.6 is 0 Å². The third kappa shape index (κ3) is 3.78. The Morgan fingerprint density at radius 2 is 1.20 bits per heavy atom. The molecule has 0 saturated carbocycles. The summed E-state index contributed by atoms with van der Waals surface area (Å²) < 4.78 is 5.50. The topological polar surface area (TPSA) is 80.8 Å². The molecule has 1 heterocycles. The lowest BCUT2D eigenvalue weighted by atomic mass is 9.55. The van der Waals surface area contributed by atoms with Gasteiger partial charge in [0.25, 0.3) is 0 Å². The standard InChI is InChI=1S/C35H27NO5/c1-19-14-16-21(17-15-19)32(37)20(2)41-35(40)22-8-7-9-23(18-22)36-33(38)30-28-24-10-3-4-11-25(24)29(31(30)34(36)39)27-13-6-5-12-26(27)28/h3-18,20,28-31H,1-2H3/t20-,28?,29?,30-,31-/m0/s1. The number of hydrogen-bond donors (Lipinski definition) is 0. The second-order valence-corrected chi connectivity index (χ2v) is 11.1. The van der Waals surface area contributed by atoms with Crippen LogP contribution in [-0.2, 0) is 14.3 Å². The van der Waals surface area contributed by atoms with Crippen LogP contribution in [0.15, 0.2) is 97.1 Å². The molecule has 0 N–H and O–H groups in total. The zero-order valence-corrected chi connectivity index (χ0v) is 22.6. The van der Waals surface area contributed by atoms with E-state index in [-0.39, 0.29) is 35.0 Å². The van der Waals surface area contributed by atoms with Crippen LogP contribution in [0.1, 0.15) is 67.3 Å². The predicted octanol–water partition coefficient (Wildman–Crippen LogP) is 5.82. The quantitative estimate of drug-likeness (QED) is 0.181. The highest BCUT2D eigenvalue weighted by molar-refractivity contribution is 6.23. The van der Waals surface area contributed by atoms with Gasteiger partial charge in [0.05, 0.1) is 23.1 Å². The van der Waals surface area contributed by atoms with Gasteiger partial charge in [-0.05, 0) is 54.3 Å². The molecule has 2 amide bonds. The van der Waals surface area contributed by atoms with Crippen molar-refractivity contribution in [3.05, 3.63) is 136 Å². The first-order valence-corrected chi connectivity index (χ1v) is 13.8. The molecule has 0 aromatic heterocycles. The molecule has 1 aliphatic heterocycles. The number of aryl methyl sites for hydroxylation is 1. The molecule has 6 heteroatoms. The second kappa shape index (κ2) is 9.37. The monoisotopic (exact) mass is 541 g/mol. The van der Waals surface area contributed by atoms with Crippen molar-refractivity contribution in [2.75, 3.05) is 4.90 Å². The zero-order chi connectivity index (χ0) is 28.4. The molecule has 4 aliphatic rings. The number of ether oxygens (including phenoxy) is 1. The number of ketones is 1. The van der Waals surface area contributed by atoms with Crippen LogP contribution in [0.4, 0.5) is 5.69 Å². The molecule has 202 valence electrons. The van der Waals surface area contributed by atoms with Crippen LogP contribution in [0.2, 0.25) is 0 Å². The first-order valence-electron chi connectivity index (χ1n) is 13.8. The summed E-state index contributed by atoms with van der Waals surface area (Å²) in [4.78, 5) is 55.2. The van der Waals surface area contributed by atoms with Crippen molar-refractivity contribution in [3.63, 3.8) is 0 Å². The molecule has 0 spiro atoms. The van der Waals surface area contributed by atoms with Gasteiger partial charge in [-0.3, -0.25) is 14.4 Å². The number of Topliss-reactive ketones (excluding diaryl/α,β-unsaturated/α-hetero) is 1. The average Bonchev–Trinajstić information content (AvgIpc) is 3.27. The van der Waals surface area contributed by atoms with Crippen molar-refractivity contribution in [1.82, 2.24) is 0 Å². The van der Waals surface area contributed by atoms with E-state index in [9.17, 15) is 19.2 Å². The van der Waals surface area contributed by atoms with Gasteiger partial charge in [-0.1, -0.05) is 84.4 Å². The van der Waals surface area contributed by atoms with Crippen molar-refractivity contribution < 1.29 is 23.9 Å². The lowest BCUT2D eigenvalue weighted by Crippen LogP contribution is -2.41. The lowest BCUT2D eigenvalue weighted by Gasteiger charge is -2.45. The fourth-order valence-corrected chi connectivity index (χ4v) is 6.94. The highest BCUT2D eigenvalue weighted by Gasteiger charge is 2.61. The SMILES string of the molecule is Cc1ccc(C(=O)[C@H](C)OC(=O)c2cccc(N3C(=O)[C@H]4C5c6ccccc6C(c6ccccc65)[C@@H]4C3=O)c2)cc1. The molecule has 0 unspecified atom stereocenters. The number of anilines is 1. The van der Waals surface area contributed by atoms with Crippen LogP contribution < -0.4 is 4.90 Å². The van der Waals surface area contributed by atoms with Crippen LogP contribution in [0, 0.1) is 18.8 Å². The summed E-state index contributed by atoms with van der Waals surface area (Å²) in [6.45, 7) is 3.46. The van der Waals surface area contributed by atoms with Gasteiger partial charge >= 0.3 is 5.97 Å². The normalized spacial score (nSPS) is 22.5. The van der Waals surface area contributed by atoms with Crippen molar-refractivity contribution in [2.45, 2.75) is 31.8 Å². The first kappa shape index (κ1) is 25.1. The van der Waals surface area contributed by atoms with Gasteiger partial charge in [0.15, 0.2) is 6.10 Å². The lowest BCUT2D eigenvalue weighted by molar-refractivity contribution is -0.122. The Balaban J connectivity index is 1.18. The van der Waals surface area contributed by atoms with Gasteiger partial charge in [0.2, 0.25) is 17.6 Å². The Morgan fingerprint density at radius 1 is 0.683 bits per heavy atom. The van der Waals surface area contributed by atoms with E-state index in [0.717, 1.165) is 27.8 Å². The van der Waals surface area contributed by atoms with Gasteiger partial charge in [-0.2, -0.15) is 0 Å². The van der Waals surface area contributed by atoms with E-state index in [4.69, 9.17) is 4.74 Å². The van der Waals surface area contributed by atoms with E-state index < -0.39 is 23.9 Å². The molecule has 1 fully saturated rings. The van der Waals surface area contributed by atoms with E-state index in [1.807, 2.05) is 43.3 Å². The number of esters is 1. The minimum absolute atomic E-state index is 0.163. The number of imide groups is 1. The van der Waals surface area contributed by atoms with Gasteiger partial charge in [-0.25, -0.2) is 9.69 Å². The highest BCUT2D eigenvalue weighted by Crippen LogP contribution is 2.61. The van der Waals surface area contributed by atoms with Crippen molar-refractivity contribution >= 4 is 29.3 Å². The third-order valence-corrected chi connectivity index (χ3v) is 8.78. The smallest absolute Gasteiger partial charge is 0.338 e. The maximum atomic E-state index is 14.0. The Hall–Kier alpha value is -4.84. The van der Waals surface area contributed by atoms with E-state index in [0.29, 0.717) is 11.3 Å². The maximum Gasteiger partial charge on any atom is 0.338 e. The van der Waals surface area contributed by atoms with Gasteiger partial charge < -0.3 is 4.74 Å². The summed E-state index contributed by atoms with van der Waals surface area (Å²) >= 11 is 0. The summed E-state index contributed by atoms with van der Waals surface area (Å²) in [6.07, 6.45) is -1.00. The van der Waals surface area contributed by atoms with Crippen LogP contribution in [0.3, 0.4) is 0 Å². The molecule has 8 rings (SSSR count). The largest absolute Gasteiger partial charge is 0.451 e. The Bertz CT molecular complexity index is 1640. The molecule has 2 bridgehead atoms. The molecule has 6 nitrogen and oxygen atoms in total. The van der Waals surface area contributed by atoms with Crippen molar-refractivity contribution in [2.24, 2.45) is 11.8 Å². The Labute approximate surface area is 237 Å². The van der Waals surface area contributed by atoms with E-state index in [2.05, 4.69) is 24.3 Å². The summed E-state index contributed by atoms with van der Waals surface area (Å²) in [6, 6.07) is 29.6. The first-order chi connectivity index (χ1) is 19.8. The molecule has 4 aromatic carbocycles. The number of rotatable bonds is 5. The number of benzene rings is 4. The number of hydrogen-bond acceptors (Lipinski definition) is 5. The summed E-state index contributed by atoms with van der Waals surface area (Å²) in [7, 11) is 0. The molecular formula is C35H27NO5. The number of carbonyl (C=O) groups is 4. The molecule has 3 atom stereocenters. The highest BCUT2D eigenvalue weighted by atomic mass is 16.5. The Morgan fingerprint density at radius 3 is 1.71 bits per heavy atom. The maximum absolute atomic E-state index is 14.0. The minimum Gasteiger partial charge on any atom is -0.451 e. The predicted molar refractivity (Wildman–Crippen MR) is 153 cm³/mol. The fraction of sp³-hybridized carbons (Fsp3) is 0.200. The van der Waals surface area contributed by atoms with Crippen molar-refractivity contribution in [3.8, 4) is 0 Å². The average molecular weight is 542 g/mol. The molecule has 0 radical (unpaired) electrons. The zero-order valence-electron chi connectivity index (χ0n) is 22.6. The van der Waals surface area contributed by atoms with Crippen LogP contribution in [0.5, 0.6) is 0 Å². The molecule has 3 aliphatic carbocycles. The number of carbonyl (C=O) groups excluding carboxylic acids is 4. The van der Waals surface area contributed by atoms with E-state index >= 15 is 0 Å². The van der Waals surface area contributed by atoms with Crippen molar-refractivity contribution in [1.29, 1.82) is 0 Å². The van der Waals surface area contributed by atoms with Gasteiger partial charge in [0, 0.05) is 17.4 Å². The van der Waals surface area contributed by atoms with E-state index in [1.54, 1.807) is 30.3 Å². The van der Waals surface area contributed by atoms with Crippen LogP contribution in [0.25, 0.3) is 0 Å². The second-order valence-electron chi connectivity index (χ2n) is 11.1. The Kier molecular flexibility index (Phi) is 5.75. The molecule has 1 saturated heterocycles. The summed E-state index contributed by atoms with van der Waals surface area (Å²) in [5, 5.41) is 0. The summed E-state index contributed by atoms with van der Waals surface area (Å²) in [5.74, 6) is -2.96. The molecular weight excluding hydrogens is 514 g/mol. The molecule has 41 heavy (non-hydrogen) atoms. The molecule has 4 aromatic rings. The third-order valence-electron chi connectivity index (χ3n) is 8.78.